The lowest BCUT2D eigenvalue weighted by Gasteiger charge is -2.47. The van der Waals surface area contributed by atoms with Gasteiger partial charge in [-0.05, 0) is 42.9 Å². The number of hydrogen-bond donors (Lipinski definition) is 1. The van der Waals surface area contributed by atoms with Crippen molar-refractivity contribution in [2.75, 3.05) is 13.6 Å². The Balaban J connectivity index is 2.00. The van der Waals surface area contributed by atoms with Crippen molar-refractivity contribution in [2.45, 2.75) is 58.9 Å². The minimum absolute atomic E-state index is 0.0165. The van der Waals surface area contributed by atoms with Gasteiger partial charge in [0.1, 0.15) is 0 Å². The van der Waals surface area contributed by atoms with Crippen LogP contribution in [-0.2, 0) is 4.79 Å². The summed E-state index contributed by atoms with van der Waals surface area (Å²) in [7, 11) is 1.98. The SMILES string of the molecule is CC1C(N)CCC(C(=O)N(C)CC2CCC2)C1(C)C. The number of carbonyl (C=O) groups excluding carboxylic acids is 1. The Hall–Kier alpha value is -0.570. The van der Waals surface area contributed by atoms with E-state index in [-0.39, 0.29) is 17.4 Å². The van der Waals surface area contributed by atoms with E-state index in [4.69, 9.17) is 5.73 Å². The maximum absolute atomic E-state index is 12.7. The fraction of sp³-hybridized carbons (Fsp3) is 0.938. The zero-order valence-electron chi connectivity index (χ0n) is 13.0. The first kappa shape index (κ1) is 14.8. The van der Waals surface area contributed by atoms with Crippen molar-refractivity contribution in [1.29, 1.82) is 0 Å². The molecule has 19 heavy (non-hydrogen) atoms. The fourth-order valence-corrected chi connectivity index (χ4v) is 3.71. The lowest BCUT2D eigenvalue weighted by Crippen LogP contribution is -2.52. The Bertz CT molecular complexity index is 336. The van der Waals surface area contributed by atoms with E-state index >= 15 is 0 Å². The van der Waals surface area contributed by atoms with Gasteiger partial charge in [-0.15, -0.1) is 0 Å². The van der Waals surface area contributed by atoms with Gasteiger partial charge in [-0.1, -0.05) is 27.2 Å². The van der Waals surface area contributed by atoms with Crippen LogP contribution >= 0.6 is 0 Å². The number of nitrogens with two attached hydrogens (primary N) is 1. The lowest BCUT2D eigenvalue weighted by molar-refractivity contribution is -0.143. The predicted octanol–water partition coefficient (Wildman–Crippen LogP) is 2.64. The Morgan fingerprint density at radius 3 is 2.42 bits per heavy atom. The third-order valence-corrected chi connectivity index (χ3v) is 5.93. The Kier molecular flexibility index (Phi) is 4.24. The van der Waals surface area contributed by atoms with Crippen molar-refractivity contribution in [3.05, 3.63) is 0 Å². The molecule has 110 valence electrons. The van der Waals surface area contributed by atoms with Crippen molar-refractivity contribution < 1.29 is 4.79 Å². The summed E-state index contributed by atoms with van der Waals surface area (Å²) in [5.41, 5.74) is 6.20. The Morgan fingerprint density at radius 1 is 1.26 bits per heavy atom. The van der Waals surface area contributed by atoms with E-state index in [0.717, 1.165) is 25.3 Å². The van der Waals surface area contributed by atoms with Crippen molar-refractivity contribution in [3.8, 4) is 0 Å². The van der Waals surface area contributed by atoms with Gasteiger partial charge in [-0.25, -0.2) is 0 Å². The molecule has 0 radical (unpaired) electrons. The molecule has 3 atom stereocenters. The number of nitrogens with zero attached hydrogens (tertiary/aromatic N) is 1. The summed E-state index contributed by atoms with van der Waals surface area (Å²) in [6, 6.07) is 0.246. The molecule has 0 aromatic rings. The lowest BCUT2D eigenvalue weighted by atomic mass is 9.60. The molecule has 0 bridgehead atoms. The van der Waals surface area contributed by atoms with Crippen LogP contribution in [0, 0.1) is 23.2 Å². The minimum atomic E-state index is 0.0165. The average molecular weight is 266 g/mol. The molecule has 2 aliphatic rings. The summed E-state index contributed by atoms with van der Waals surface area (Å²) < 4.78 is 0. The Labute approximate surface area is 117 Å². The van der Waals surface area contributed by atoms with Gasteiger partial charge in [-0.2, -0.15) is 0 Å². The second-order valence-corrected chi connectivity index (χ2v) is 7.42. The molecule has 3 unspecified atom stereocenters. The summed E-state index contributed by atoms with van der Waals surface area (Å²) in [5.74, 6) is 1.65. The molecule has 0 spiro atoms. The highest BCUT2D eigenvalue weighted by Crippen LogP contribution is 2.45. The molecule has 0 aliphatic heterocycles. The molecule has 3 heteroatoms. The molecule has 2 saturated carbocycles. The van der Waals surface area contributed by atoms with Gasteiger partial charge >= 0.3 is 0 Å². The van der Waals surface area contributed by atoms with Crippen LogP contribution in [0.25, 0.3) is 0 Å². The number of hydrogen-bond acceptors (Lipinski definition) is 2. The highest BCUT2D eigenvalue weighted by molar-refractivity contribution is 5.79. The van der Waals surface area contributed by atoms with E-state index in [1.807, 2.05) is 11.9 Å². The van der Waals surface area contributed by atoms with E-state index < -0.39 is 0 Å². The first-order valence-corrected chi connectivity index (χ1v) is 7.84. The second-order valence-electron chi connectivity index (χ2n) is 7.42. The first-order chi connectivity index (χ1) is 8.84. The van der Waals surface area contributed by atoms with Crippen molar-refractivity contribution in [1.82, 2.24) is 4.90 Å². The fourth-order valence-electron chi connectivity index (χ4n) is 3.71. The minimum Gasteiger partial charge on any atom is -0.345 e. The molecule has 3 nitrogen and oxygen atoms in total. The van der Waals surface area contributed by atoms with Gasteiger partial charge in [0.15, 0.2) is 0 Å². The van der Waals surface area contributed by atoms with Crippen LogP contribution in [-0.4, -0.2) is 30.4 Å². The summed E-state index contributed by atoms with van der Waals surface area (Å²) in [4.78, 5) is 14.7. The molecule has 2 aliphatic carbocycles. The third kappa shape index (κ3) is 2.81. The molecule has 2 fully saturated rings. The quantitative estimate of drug-likeness (QED) is 0.853. The molecule has 2 N–H and O–H groups in total. The highest BCUT2D eigenvalue weighted by Gasteiger charge is 2.45. The highest BCUT2D eigenvalue weighted by atomic mass is 16.2. The van der Waals surface area contributed by atoms with Crippen molar-refractivity contribution in [3.63, 3.8) is 0 Å². The molecular weight excluding hydrogens is 236 g/mol. The zero-order chi connectivity index (χ0) is 14.2. The molecule has 2 rings (SSSR count). The van der Waals surface area contributed by atoms with Crippen molar-refractivity contribution in [2.24, 2.45) is 28.9 Å². The third-order valence-electron chi connectivity index (χ3n) is 5.93. The molecule has 1 amide bonds. The monoisotopic (exact) mass is 266 g/mol. The molecule has 0 aromatic heterocycles. The van der Waals surface area contributed by atoms with Gasteiger partial charge in [0.05, 0.1) is 0 Å². The van der Waals surface area contributed by atoms with Crippen LogP contribution in [0.1, 0.15) is 52.9 Å². The normalized spacial score (nSPS) is 34.7. The molecule has 0 heterocycles. The first-order valence-electron chi connectivity index (χ1n) is 7.84. The van der Waals surface area contributed by atoms with Gasteiger partial charge < -0.3 is 10.6 Å². The van der Waals surface area contributed by atoms with Crippen LogP contribution in [0.3, 0.4) is 0 Å². The largest absolute Gasteiger partial charge is 0.345 e. The number of carbonyl (C=O) groups is 1. The summed E-state index contributed by atoms with van der Waals surface area (Å²) >= 11 is 0. The number of amides is 1. The van der Waals surface area contributed by atoms with Crippen molar-refractivity contribution >= 4 is 5.91 Å². The molecule has 0 saturated heterocycles. The standard InChI is InChI=1S/C16H30N2O/c1-11-14(17)9-8-13(16(11,2)3)15(19)18(4)10-12-6-5-7-12/h11-14H,5-10,17H2,1-4H3. The van der Waals surface area contributed by atoms with Gasteiger partial charge in [0, 0.05) is 25.6 Å². The summed E-state index contributed by atoms with van der Waals surface area (Å²) in [5, 5.41) is 0. The Morgan fingerprint density at radius 2 is 1.89 bits per heavy atom. The van der Waals surface area contributed by atoms with E-state index in [1.54, 1.807) is 0 Å². The smallest absolute Gasteiger partial charge is 0.225 e. The van der Waals surface area contributed by atoms with Crippen LogP contribution < -0.4 is 5.73 Å². The number of rotatable bonds is 3. The van der Waals surface area contributed by atoms with Gasteiger partial charge in [-0.3, -0.25) is 4.79 Å². The van der Waals surface area contributed by atoms with Crippen LogP contribution in [0.2, 0.25) is 0 Å². The van der Waals surface area contributed by atoms with Crippen LogP contribution in [0.5, 0.6) is 0 Å². The maximum atomic E-state index is 12.7. The van der Waals surface area contributed by atoms with E-state index in [1.165, 1.54) is 19.3 Å². The average Bonchev–Trinajstić information content (AvgIpc) is 2.30. The van der Waals surface area contributed by atoms with Gasteiger partial charge in [0.25, 0.3) is 0 Å². The predicted molar refractivity (Wildman–Crippen MR) is 78.6 cm³/mol. The molecular formula is C16H30N2O. The van der Waals surface area contributed by atoms with Crippen LogP contribution in [0.4, 0.5) is 0 Å². The van der Waals surface area contributed by atoms with E-state index in [0.29, 0.717) is 11.8 Å². The summed E-state index contributed by atoms with van der Waals surface area (Å²) in [6.07, 6.45) is 5.87. The van der Waals surface area contributed by atoms with E-state index in [9.17, 15) is 4.79 Å². The maximum Gasteiger partial charge on any atom is 0.225 e. The second kappa shape index (κ2) is 5.43. The zero-order valence-corrected chi connectivity index (χ0v) is 13.0. The van der Waals surface area contributed by atoms with Gasteiger partial charge in [0.2, 0.25) is 5.91 Å². The van der Waals surface area contributed by atoms with Crippen LogP contribution in [0.15, 0.2) is 0 Å². The topological polar surface area (TPSA) is 46.3 Å². The molecule has 0 aromatic carbocycles. The van der Waals surface area contributed by atoms with E-state index in [2.05, 4.69) is 20.8 Å². The summed E-state index contributed by atoms with van der Waals surface area (Å²) in [6.45, 7) is 7.59.